The predicted octanol–water partition coefficient (Wildman–Crippen LogP) is 2.49. The van der Waals surface area contributed by atoms with Gasteiger partial charge < -0.3 is 10.1 Å². The summed E-state index contributed by atoms with van der Waals surface area (Å²) in [6, 6.07) is 3.92. The second-order valence-corrected chi connectivity index (χ2v) is 5.70. The molecule has 3 amide bonds. The Labute approximate surface area is 135 Å². The number of carbonyl (C=O) groups is 3. The van der Waals surface area contributed by atoms with Crippen LogP contribution in [-0.4, -0.2) is 30.6 Å². The summed E-state index contributed by atoms with van der Waals surface area (Å²) in [7, 11) is 0. The first-order chi connectivity index (χ1) is 9.79. The number of rotatable bonds is 4. The molecule has 0 spiro atoms. The molecule has 1 aromatic carbocycles. The van der Waals surface area contributed by atoms with Gasteiger partial charge in [-0.3, -0.25) is 10.1 Å². The van der Waals surface area contributed by atoms with Crippen molar-refractivity contribution in [3.63, 3.8) is 0 Å². The summed E-state index contributed by atoms with van der Waals surface area (Å²) >= 11 is 9.06. The zero-order chi connectivity index (χ0) is 16.0. The van der Waals surface area contributed by atoms with Crippen LogP contribution in [0, 0.1) is 0 Å². The van der Waals surface area contributed by atoms with Crippen LogP contribution in [0.3, 0.4) is 0 Å². The van der Waals surface area contributed by atoms with E-state index in [9.17, 15) is 14.4 Å². The van der Waals surface area contributed by atoms with Crippen LogP contribution < -0.4 is 10.6 Å². The Balaban J connectivity index is 2.51. The second kappa shape index (κ2) is 7.99. The topological polar surface area (TPSA) is 84.5 Å². The number of urea groups is 1. The van der Waals surface area contributed by atoms with E-state index in [1.54, 1.807) is 19.9 Å². The average Bonchev–Trinajstić information content (AvgIpc) is 2.37. The van der Waals surface area contributed by atoms with Crippen molar-refractivity contribution in [3.05, 3.63) is 33.3 Å². The molecule has 1 rings (SSSR count). The Morgan fingerprint density at radius 2 is 2.00 bits per heavy atom. The molecule has 0 atom stereocenters. The van der Waals surface area contributed by atoms with Crippen molar-refractivity contribution in [1.29, 1.82) is 0 Å². The molecule has 0 saturated carbocycles. The Morgan fingerprint density at radius 1 is 1.33 bits per heavy atom. The summed E-state index contributed by atoms with van der Waals surface area (Å²) in [5.74, 6) is -1.48. The summed E-state index contributed by atoms with van der Waals surface area (Å²) in [6.45, 7) is 2.92. The van der Waals surface area contributed by atoms with Gasteiger partial charge in [-0.25, -0.2) is 9.59 Å². The molecule has 6 nitrogen and oxygen atoms in total. The fourth-order valence-electron chi connectivity index (χ4n) is 1.32. The number of imide groups is 1. The lowest BCUT2D eigenvalue weighted by molar-refractivity contribution is -0.123. The van der Waals surface area contributed by atoms with E-state index < -0.39 is 24.5 Å². The highest BCUT2D eigenvalue weighted by Crippen LogP contribution is 2.21. The van der Waals surface area contributed by atoms with E-state index in [1.807, 2.05) is 5.32 Å². The number of amides is 3. The lowest BCUT2D eigenvalue weighted by Crippen LogP contribution is -2.44. The summed E-state index contributed by atoms with van der Waals surface area (Å²) in [6.07, 6.45) is 0. The van der Waals surface area contributed by atoms with Crippen molar-refractivity contribution < 1.29 is 19.1 Å². The lowest BCUT2D eigenvalue weighted by Gasteiger charge is -2.10. The lowest BCUT2D eigenvalue weighted by atomic mass is 10.2. The molecule has 8 heteroatoms. The van der Waals surface area contributed by atoms with Crippen molar-refractivity contribution >= 4 is 45.4 Å². The fraction of sp³-hybridized carbons (Fsp3) is 0.308. The molecule has 0 aliphatic carbocycles. The van der Waals surface area contributed by atoms with E-state index in [0.717, 1.165) is 0 Å². The minimum atomic E-state index is -0.749. The van der Waals surface area contributed by atoms with Gasteiger partial charge in [-0.05, 0) is 32.0 Å². The van der Waals surface area contributed by atoms with Gasteiger partial charge in [-0.15, -0.1) is 0 Å². The molecule has 0 unspecified atom stereocenters. The maximum Gasteiger partial charge on any atom is 0.340 e. The fourth-order valence-corrected chi connectivity index (χ4v) is 1.88. The molecule has 0 bridgehead atoms. The van der Waals surface area contributed by atoms with Crippen molar-refractivity contribution in [2.75, 3.05) is 6.61 Å². The highest BCUT2D eigenvalue weighted by atomic mass is 79.9. The SMILES string of the molecule is CC(C)NC(=O)NC(=O)COC(=O)c1cc(Br)ccc1Cl. The standard InChI is InChI=1S/C13H14BrClN2O4/c1-7(2)16-13(20)17-11(18)6-21-12(19)9-5-8(14)3-4-10(9)15/h3-5,7H,6H2,1-2H3,(H2,16,17,18,20). The molecule has 114 valence electrons. The van der Waals surface area contributed by atoms with E-state index in [2.05, 4.69) is 21.2 Å². The Bertz CT molecular complexity index is 563. The molecule has 1 aromatic rings. The van der Waals surface area contributed by atoms with Crippen LogP contribution in [0.25, 0.3) is 0 Å². The van der Waals surface area contributed by atoms with Crippen LogP contribution >= 0.6 is 27.5 Å². The summed E-state index contributed by atoms with van der Waals surface area (Å²) in [5, 5.41) is 4.72. The first-order valence-corrected chi connectivity index (χ1v) is 7.19. The summed E-state index contributed by atoms with van der Waals surface area (Å²) in [4.78, 5) is 34.5. The Hall–Kier alpha value is -1.60. The molecule has 0 saturated heterocycles. The first-order valence-electron chi connectivity index (χ1n) is 6.02. The number of halogens is 2. The molecule has 0 radical (unpaired) electrons. The molecule has 0 aromatic heterocycles. The molecule has 0 heterocycles. The van der Waals surface area contributed by atoms with Gasteiger partial charge in [0.2, 0.25) is 0 Å². The maximum absolute atomic E-state index is 11.8. The van der Waals surface area contributed by atoms with Crippen molar-refractivity contribution in [1.82, 2.24) is 10.6 Å². The molecule has 0 fully saturated rings. The molecule has 0 aliphatic rings. The summed E-state index contributed by atoms with van der Waals surface area (Å²) in [5.41, 5.74) is 0.130. The van der Waals surface area contributed by atoms with E-state index in [1.165, 1.54) is 12.1 Å². The Kier molecular flexibility index (Phi) is 6.64. The van der Waals surface area contributed by atoms with Crippen LogP contribution in [-0.2, 0) is 9.53 Å². The highest BCUT2D eigenvalue weighted by molar-refractivity contribution is 9.10. The third-order valence-corrected chi connectivity index (χ3v) is 2.98. The van der Waals surface area contributed by atoms with E-state index in [4.69, 9.17) is 16.3 Å². The van der Waals surface area contributed by atoms with Crippen molar-refractivity contribution in [2.24, 2.45) is 0 Å². The number of hydrogen-bond donors (Lipinski definition) is 2. The smallest absolute Gasteiger partial charge is 0.340 e. The summed E-state index contributed by atoms with van der Waals surface area (Å²) < 4.78 is 5.45. The van der Waals surface area contributed by atoms with Crippen LogP contribution in [0.2, 0.25) is 5.02 Å². The van der Waals surface area contributed by atoms with Crippen LogP contribution in [0.4, 0.5) is 4.79 Å². The number of hydrogen-bond acceptors (Lipinski definition) is 4. The number of nitrogens with one attached hydrogen (secondary N) is 2. The van der Waals surface area contributed by atoms with Crippen molar-refractivity contribution in [2.45, 2.75) is 19.9 Å². The number of carbonyl (C=O) groups excluding carboxylic acids is 3. The number of esters is 1. The van der Waals surface area contributed by atoms with Gasteiger partial charge in [0, 0.05) is 10.5 Å². The van der Waals surface area contributed by atoms with Gasteiger partial charge in [0.1, 0.15) is 0 Å². The zero-order valence-corrected chi connectivity index (χ0v) is 13.7. The normalized spacial score (nSPS) is 10.1. The van der Waals surface area contributed by atoms with Gasteiger partial charge in [0.15, 0.2) is 6.61 Å². The second-order valence-electron chi connectivity index (χ2n) is 4.38. The first kappa shape index (κ1) is 17.5. The Morgan fingerprint density at radius 3 is 2.62 bits per heavy atom. The van der Waals surface area contributed by atoms with Crippen LogP contribution in [0.5, 0.6) is 0 Å². The third-order valence-electron chi connectivity index (χ3n) is 2.16. The molecule has 21 heavy (non-hydrogen) atoms. The van der Waals surface area contributed by atoms with Gasteiger partial charge in [-0.1, -0.05) is 27.5 Å². The number of ether oxygens (including phenoxy) is 1. The minimum Gasteiger partial charge on any atom is -0.452 e. The molecular weight excluding hydrogens is 364 g/mol. The van der Waals surface area contributed by atoms with Crippen LogP contribution in [0.1, 0.15) is 24.2 Å². The highest BCUT2D eigenvalue weighted by Gasteiger charge is 2.15. The monoisotopic (exact) mass is 376 g/mol. The molecule has 2 N–H and O–H groups in total. The van der Waals surface area contributed by atoms with Crippen LogP contribution in [0.15, 0.2) is 22.7 Å². The number of benzene rings is 1. The molecular formula is C13H14BrClN2O4. The van der Waals surface area contributed by atoms with Crippen molar-refractivity contribution in [3.8, 4) is 0 Å². The third kappa shape index (κ3) is 6.14. The van der Waals surface area contributed by atoms with E-state index >= 15 is 0 Å². The quantitative estimate of drug-likeness (QED) is 0.790. The van der Waals surface area contributed by atoms with E-state index in [-0.39, 0.29) is 16.6 Å². The average molecular weight is 378 g/mol. The zero-order valence-electron chi connectivity index (χ0n) is 11.4. The van der Waals surface area contributed by atoms with E-state index in [0.29, 0.717) is 4.47 Å². The van der Waals surface area contributed by atoms with Gasteiger partial charge in [0.05, 0.1) is 10.6 Å². The molecule has 0 aliphatic heterocycles. The van der Waals surface area contributed by atoms with Gasteiger partial charge in [-0.2, -0.15) is 0 Å². The van der Waals surface area contributed by atoms with Gasteiger partial charge >= 0.3 is 12.0 Å². The largest absolute Gasteiger partial charge is 0.452 e. The minimum absolute atomic E-state index is 0.110. The van der Waals surface area contributed by atoms with Gasteiger partial charge in [0.25, 0.3) is 5.91 Å². The predicted molar refractivity (Wildman–Crippen MR) is 81.2 cm³/mol. The maximum atomic E-state index is 11.8.